The monoisotopic (exact) mass is 262 g/mol. The van der Waals surface area contributed by atoms with Crippen LogP contribution in [0.25, 0.3) is 0 Å². The maximum Gasteiger partial charge on any atom is 0.142 e. The van der Waals surface area contributed by atoms with Gasteiger partial charge in [-0.15, -0.1) is 11.6 Å². The van der Waals surface area contributed by atoms with E-state index in [1.165, 1.54) is 0 Å². The molecule has 0 radical (unpaired) electrons. The Labute approximate surface area is 89.4 Å². The Morgan fingerprint density at radius 3 is 2.85 bits per heavy atom. The van der Waals surface area contributed by atoms with Crippen molar-refractivity contribution in [2.75, 3.05) is 5.88 Å². The average molecular weight is 264 g/mol. The van der Waals surface area contributed by atoms with E-state index in [4.69, 9.17) is 17.3 Å². The van der Waals surface area contributed by atoms with Crippen LogP contribution in [0.1, 0.15) is 0 Å². The van der Waals surface area contributed by atoms with Crippen LogP contribution in [0.4, 0.5) is 5.69 Å². The number of rotatable bonds is 2. The third kappa shape index (κ3) is 2.90. The fourth-order valence-electron chi connectivity index (χ4n) is 0.776. The van der Waals surface area contributed by atoms with Gasteiger partial charge in [-0.2, -0.15) is 0 Å². The molecule has 3 N–H and O–H groups in total. The van der Waals surface area contributed by atoms with Crippen LogP contribution in [-0.4, -0.2) is 16.8 Å². The number of phenols is 1. The number of hydrogen-bond donors (Lipinski definition) is 2. The van der Waals surface area contributed by atoms with Gasteiger partial charge in [0.15, 0.2) is 0 Å². The molecule has 5 heteroatoms. The molecule has 13 heavy (non-hydrogen) atoms. The zero-order chi connectivity index (χ0) is 9.84. The zero-order valence-corrected chi connectivity index (χ0v) is 9.01. The molecule has 0 bridgehead atoms. The second kappa shape index (κ2) is 4.48. The Morgan fingerprint density at radius 2 is 2.31 bits per heavy atom. The van der Waals surface area contributed by atoms with Crippen LogP contribution < -0.4 is 5.73 Å². The Bertz CT molecular complexity index is 341. The molecule has 0 aliphatic carbocycles. The normalized spacial score (nSPS) is 11.7. The third-order valence-corrected chi connectivity index (χ3v) is 2.11. The lowest BCUT2D eigenvalue weighted by molar-refractivity contribution is 0.476. The molecule has 0 aromatic heterocycles. The fourth-order valence-corrected chi connectivity index (χ4v) is 1.18. The molecule has 70 valence electrons. The molecular weight excluding hydrogens is 255 g/mol. The largest absolute Gasteiger partial charge is 0.506 e. The van der Waals surface area contributed by atoms with Gasteiger partial charge < -0.3 is 10.8 Å². The summed E-state index contributed by atoms with van der Waals surface area (Å²) in [5, 5.41) is 9.40. The minimum absolute atomic E-state index is 0.0717. The van der Waals surface area contributed by atoms with Crippen LogP contribution in [-0.2, 0) is 0 Å². The van der Waals surface area contributed by atoms with Crippen LogP contribution >= 0.6 is 27.5 Å². The smallest absolute Gasteiger partial charge is 0.142 e. The zero-order valence-electron chi connectivity index (χ0n) is 6.67. The van der Waals surface area contributed by atoms with Crippen molar-refractivity contribution in [3.05, 3.63) is 22.7 Å². The Hall–Kier alpha value is -0.740. The molecule has 0 heterocycles. The fraction of sp³-hybridized carbons (Fsp3) is 0.125. The van der Waals surface area contributed by atoms with E-state index in [1.54, 1.807) is 18.2 Å². The second-order valence-electron chi connectivity index (χ2n) is 2.37. The van der Waals surface area contributed by atoms with Crippen molar-refractivity contribution in [1.29, 1.82) is 0 Å². The highest BCUT2D eigenvalue weighted by molar-refractivity contribution is 9.10. The summed E-state index contributed by atoms with van der Waals surface area (Å²) >= 11 is 8.65. The number of halogens is 2. The summed E-state index contributed by atoms with van der Waals surface area (Å²) in [6, 6.07) is 4.96. The predicted molar refractivity (Wildman–Crippen MR) is 57.8 cm³/mol. The van der Waals surface area contributed by atoms with Gasteiger partial charge in [0.1, 0.15) is 17.3 Å². The number of nitrogens with two attached hydrogens (primary N) is 1. The van der Waals surface area contributed by atoms with Crippen molar-refractivity contribution in [1.82, 2.24) is 0 Å². The number of hydrogen-bond acceptors (Lipinski definition) is 2. The lowest BCUT2D eigenvalue weighted by Gasteiger charge is -2.00. The summed E-state index contributed by atoms with van der Waals surface area (Å²) in [5.74, 6) is 0.497. The molecular formula is C8H8BrClN2O. The first kappa shape index (κ1) is 10.3. The molecule has 0 aliphatic heterocycles. The van der Waals surface area contributed by atoms with E-state index in [1.807, 2.05) is 0 Å². The first-order chi connectivity index (χ1) is 6.13. The first-order valence-electron chi connectivity index (χ1n) is 3.51. The molecule has 0 atom stereocenters. The topological polar surface area (TPSA) is 58.6 Å². The molecule has 1 rings (SSSR count). The van der Waals surface area contributed by atoms with E-state index in [2.05, 4.69) is 20.9 Å². The summed E-state index contributed by atoms with van der Waals surface area (Å²) in [6.07, 6.45) is 0. The number of phenolic OH excluding ortho intramolecular Hbond substituents is 1. The highest BCUT2D eigenvalue weighted by atomic mass is 79.9. The summed E-state index contributed by atoms with van der Waals surface area (Å²) in [7, 11) is 0. The van der Waals surface area contributed by atoms with E-state index in [0.29, 0.717) is 5.69 Å². The van der Waals surface area contributed by atoms with Gasteiger partial charge in [-0.1, -0.05) is 15.9 Å². The van der Waals surface area contributed by atoms with Crippen LogP contribution in [0.2, 0.25) is 0 Å². The van der Waals surface area contributed by atoms with Crippen molar-refractivity contribution in [3.8, 4) is 5.75 Å². The lowest BCUT2D eigenvalue weighted by atomic mass is 10.3. The summed E-state index contributed by atoms with van der Waals surface area (Å²) in [5.41, 5.74) is 5.83. The molecule has 0 unspecified atom stereocenters. The average Bonchev–Trinajstić information content (AvgIpc) is 2.09. The standard InChI is InChI=1S/C8H8BrClN2O/c9-5-1-2-6(7(13)3-5)12-8(11)4-10/h1-3,13H,4H2,(H2,11,12). The number of aromatic hydroxyl groups is 1. The van der Waals surface area contributed by atoms with E-state index >= 15 is 0 Å². The van der Waals surface area contributed by atoms with Gasteiger partial charge in [-0.05, 0) is 18.2 Å². The summed E-state index contributed by atoms with van der Waals surface area (Å²) < 4.78 is 0.786. The SMILES string of the molecule is NC(CCl)=Nc1ccc(Br)cc1O. The van der Waals surface area contributed by atoms with Crippen LogP contribution in [0.15, 0.2) is 27.7 Å². The molecule has 1 aromatic rings. The van der Waals surface area contributed by atoms with Crippen molar-refractivity contribution < 1.29 is 5.11 Å². The van der Waals surface area contributed by atoms with Crippen LogP contribution in [0.5, 0.6) is 5.75 Å². The highest BCUT2D eigenvalue weighted by Crippen LogP contribution is 2.29. The minimum atomic E-state index is 0.0717. The van der Waals surface area contributed by atoms with E-state index in [-0.39, 0.29) is 17.5 Å². The maximum absolute atomic E-state index is 9.40. The third-order valence-electron chi connectivity index (χ3n) is 1.34. The molecule has 0 saturated heterocycles. The first-order valence-corrected chi connectivity index (χ1v) is 4.83. The van der Waals surface area contributed by atoms with E-state index < -0.39 is 0 Å². The molecule has 1 aromatic carbocycles. The van der Waals surface area contributed by atoms with E-state index in [9.17, 15) is 5.11 Å². The minimum Gasteiger partial charge on any atom is -0.506 e. The van der Waals surface area contributed by atoms with Crippen molar-refractivity contribution >= 4 is 39.1 Å². The Morgan fingerprint density at radius 1 is 1.62 bits per heavy atom. The maximum atomic E-state index is 9.40. The number of nitrogens with zero attached hydrogens (tertiary/aromatic N) is 1. The predicted octanol–water partition coefficient (Wildman–Crippen LogP) is 2.38. The molecule has 0 amide bonds. The molecule has 0 fully saturated rings. The lowest BCUT2D eigenvalue weighted by Crippen LogP contribution is -2.12. The number of amidine groups is 1. The summed E-state index contributed by atoms with van der Waals surface area (Å²) in [4.78, 5) is 3.91. The van der Waals surface area contributed by atoms with Gasteiger partial charge in [0.05, 0.1) is 5.88 Å². The van der Waals surface area contributed by atoms with E-state index in [0.717, 1.165) is 4.47 Å². The second-order valence-corrected chi connectivity index (χ2v) is 3.55. The Balaban J connectivity index is 3.03. The van der Waals surface area contributed by atoms with Gasteiger partial charge in [-0.3, -0.25) is 0 Å². The molecule has 0 saturated carbocycles. The highest BCUT2D eigenvalue weighted by Gasteiger charge is 2.00. The number of alkyl halides is 1. The van der Waals surface area contributed by atoms with Crippen LogP contribution in [0.3, 0.4) is 0 Å². The van der Waals surface area contributed by atoms with Crippen molar-refractivity contribution in [2.45, 2.75) is 0 Å². The van der Waals surface area contributed by atoms with Crippen LogP contribution in [0, 0.1) is 0 Å². The van der Waals surface area contributed by atoms with Crippen molar-refractivity contribution in [3.63, 3.8) is 0 Å². The molecule has 0 aliphatic rings. The molecule has 3 nitrogen and oxygen atoms in total. The van der Waals surface area contributed by atoms with Gasteiger partial charge in [0.25, 0.3) is 0 Å². The quantitative estimate of drug-likeness (QED) is 0.489. The van der Waals surface area contributed by atoms with Gasteiger partial charge in [0.2, 0.25) is 0 Å². The number of aliphatic imine (C=N–C) groups is 1. The number of benzene rings is 1. The van der Waals surface area contributed by atoms with Gasteiger partial charge in [-0.25, -0.2) is 4.99 Å². The Kier molecular flexibility index (Phi) is 3.57. The van der Waals surface area contributed by atoms with Crippen molar-refractivity contribution in [2.24, 2.45) is 10.7 Å². The van der Waals surface area contributed by atoms with Gasteiger partial charge >= 0.3 is 0 Å². The van der Waals surface area contributed by atoms with Gasteiger partial charge in [0, 0.05) is 4.47 Å². The summed E-state index contributed by atoms with van der Waals surface area (Å²) in [6.45, 7) is 0. The molecule has 0 spiro atoms.